The zero-order valence-electron chi connectivity index (χ0n) is 23.5. The number of methoxy groups -OCH3 is 1. The van der Waals surface area contributed by atoms with Crippen LogP contribution in [-0.2, 0) is 16.1 Å². The van der Waals surface area contributed by atoms with Crippen molar-refractivity contribution in [1.82, 2.24) is 25.5 Å². The van der Waals surface area contributed by atoms with Gasteiger partial charge in [-0.2, -0.15) is 4.80 Å². The number of hydrogen-bond donors (Lipinski definition) is 2. The monoisotopic (exact) mass is 542 g/mol. The van der Waals surface area contributed by atoms with Gasteiger partial charge in [-0.1, -0.05) is 53.6 Å². The van der Waals surface area contributed by atoms with Gasteiger partial charge in [-0.05, 0) is 69.7 Å². The number of aryl methyl sites for hydroxylation is 2. The highest BCUT2D eigenvalue weighted by molar-refractivity contribution is 6.01. The minimum Gasteiger partial charge on any atom is -0.504 e. The Bertz CT molecular complexity index is 1490. The van der Waals surface area contributed by atoms with Gasteiger partial charge in [-0.3, -0.25) is 14.5 Å². The molecular weight excluding hydrogens is 508 g/mol. The van der Waals surface area contributed by atoms with E-state index in [1.165, 1.54) is 22.9 Å². The molecule has 0 aliphatic rings. The van der Waals surface area contributed by atoms with Gasteiger partial charge in [0.25, 0.3) is 5.91 Å². The third-order valence-corrected chi connectivity index (χ3v) is 6.14. The van der Waals surface area contributed by atoms with Crippen molar-refractivity contribution in [2.45, 2.75) is 52.7 Å². The van der Waals surface area contributed by atoms with Crippen molar-refractivity contribution in [3.05, 3.63) is 83.4 Å². The highest BCUT2D eigenvalue weighted by Gasteiger charge is 2.35. The second kappa shape index (κ2) is 11.6. The summed E-state index contributed by atoms with van der Waals surface area (Å²) in [7, 11) is 1.42. The average Bonchev–Trinajstić information content (AvgIpc) is 3.36. The molecule has 0 aliphatic carbocycles. The van der Waals surface area contributed by atoms with Crippen LogP contribution in [-0.4, -0.2) is 49.8 Å². The van der Waals surface area contributed by atoms with E-state index in [-0.39, 0.29) is 18.0 Å². The Balaban J connectivity index is 1.77. The van der Waals surface area contributed by atoms with Crippen LogP contribution < -0.4 is 15.0 Å². The van der Waals surface area contributed by atoms with E-state index in [4.69, 9.17) is 4.74 Å². The van der Waals surface area contributed by atoms with Crippen LogP contribution in [0.5, 0.6) is 11.5 Å². The lowest BCUT2D eigenvalue weighted by Crippen LogP contribution is -2.50. The Morgan fingerprint density at radius 3 is 2.23 bits per heavy atom. The molecule has 0 spiro atoms. The van der Waals surface area contributed by atoms with Gasteiger partial charge in [0.1, 0.15) is 12.6 Å². The minimum absolute atomic E-state index is 0.0788. The van der Waals surface area contributed by atoms with E-state index in [0.29, 0.717) is 17.1 Å². The van der Waals surface area contributed by atoms with E-state index in [9.17, 15) is 14.7 Å². The number of phenolic OH excluding ortho intramolecular Hbond substituents is 1. The summed E-state index contributed by atoms with van der Waals surface area (Å²) in [6.45, 7) is 9.26. The first-order valence-electron chi connectivity index (χ1n) is 12.9. The fourth-order valence-corrected chi connectivity index (χ4v) is 4.19. The van der Waals surface area contributed by atoms with Gasteiger partial charge in [0.15, 0.2) is 11.5 Å². The van der Waals surface area contributed by atoms with Crippen molar-refractivity contribution in [2.24, 2.45) is 0 Å². The Kier molecular flexibility index (Phi) is 8.18. The molecule has 0 saturated heterocycles. The number of benzene rings is 3. The Labute approximate surface area is 233 Å². The molecule has 0 saturated carbocycles. The first-order valence-corrected chi connectivity index (χ1v) is 12.9. The molecule has 4 aromatic rings. The molecule has 2 amide bonds. The molecule has 1 aromatic heterocycles. The molecular formula is C30H34N6O4. The number of aromatic nitrogens is 4. The van der Waals surface area contributed by atoms with Crippen LogP contribution in [0.3, 0.4) is 0 Å². The SMILES string of the molecule is COc1cc(C(C(=O)NC(C)(C)C)N(C(=O)Cn2nnc(-c3ccc(C)cc3)n2)c2ccc(C)cc2)ccc1O. The van der Waals surface area contributed by atoms with Crippen molar-refractivity contribution >= 4 is 17.5 Å². The zero-order chi connectivity index (χ0) is 29.0. The van der Waals surface area contributed by atoms with E-state index in [0.717, 1.165) is 16.7 Å². The van der Waals surface area contributed by atoms with Gasteiger partial charge in [0.05, 0.1) is 7.11 Å². The lowest BCUT2D eigenvalue weighted by Gasteiger charge is -2.34. The van der Waals surface area contributed by atoms with Gasteiger partial charge in [-0.25, -0.2) is 0 Å². The summed E-state index contributed by atoms with van der Waals surface area (Å²) in [5.74, 6) is -0.341. The van der Waals surface area contributed by atoms with Crippen LogP contribution in [0.15, 0.2) is 66.7 Å². The molecule has 0 aliphatic heterocycles. The number of hydrogen-bond acceptors (Lipinski definition) is 7. The molecule has 4 rings (SSSR count). The molecule has 1 heterocycles. The highest BCUT2D eigenvalue weighted by atomic mass is 16.5. The zero-order valence-corrected chi connectivity index (χ0v) is 23.5. The molecule has 2 N–H and O–H groups in total. The molecule has 3 aromatic carbocycles. The highest BCUT2D eigenvalue weighted by Crippen LogP contribution is 2.34. The van der Waals surface area contributed by atoms with E-state index < -0.39 is 23.4 Å². The van der Waals surface area contributed by atoms with Crippen LogP contribution in [0.1, 0.15) is 43.5 Å². The minimum atomic E-state index is -1.09. The maximum Gasteiger partial charge on any atom is 0.251 e. The molecule has 0 radical (unpaired) electrons. The number of carbonyl (C=O) groups excluding carboxylic acids is 2. The van der Waals surface area contributed by atoms with E-state index in [1.807, 2.05) is 71.0 Å². The smallest absolute Gasteiger partial charge is 0.251 e. The van der Waals surface area contributed by atoms with Crippen LogP contribution in [0, 0.1) is 13.8 Å². The quantitative estimate of drug-likeness (QED) is 0.339. The van der Waals surface area contributed by atoms with Crippen molar-refractivity contribution in [3.8, 4) is 22.9 Å². The Morgan fingerprint density at radius 1 is 1.00 bits per heavy atom. The summed E-state index contributed by atoms with van der Waals surface area (Å²) in [6, 6.07) is 18.5. The summed E-state index contributed by atoms with van der Waals surface area (Å²) in [5, 5.41) is 25.8. The van der Waals surface area contributed by atoms with Crippen molar-refractivity contribution in [1.29, 1.82) is 0 Å². The summed E-state index contributed by atoms with van der Waals surface area (Å²) < 4.78 is 5.31. The topological polar surface area (TPSA) is 122 Å². The number of nitrogens with one attached hydrogen (secondary N) is 1. The first-order chi connectivity index (χ1) is 18.9. The largest absolute Gasteiger partial charge is 0.504 e. The predicted octanol–water partition coefficient (Wildman–Crippen LogP) is 4.36. The van der Waals surface area contributed by atoms with Crippen molar-refractivity contribution in [3.63, 3.8) is 0 Å². The Hall–Kier alpha value is -4.73. The molecule has 0 fully saturated rings. The summed E-state index contributed by atoms with van der Waals surface area (Å²) in [5.41, 5.74) is 3.27. The first kappa shape index (κ1) is 28.3. The van der Waals surface area contributed by atoms with Gasteiger partial charge >= 0.3 is 0 Å². The average molecular weight is 543 g/mol. The lowest BCUT2D eigenvalue weighted by atomic mass is 10.00. The van der Waals surface area contributed by atoms with Crippen LogP contribution in [0.4, 0.5) is 5.69 Å². The van der Waals surface area contributed by atoms with Gasteiger partial charge < -0.3 is 15.2 Å². The fourth-order valence-electron chi connectivity index (χ4n) is 4.19. The van der Waals surface area contributed by atoms with Gasteiger partial charge in [0, 0.05) is 16.8 Å². The number of phenols is 1. The maximum absolute atomic E-state index is 14.0. The van der Waals surface area contributed by atoms with Gasteiger partial charge in [0.2, 0.25) is 11.7 Å². The standard InChI is InChI=1S/C30H34N6O4/c1-19-7-11-21(12-8-19)28-32-34-35(33-28)18-26(38)36(23-14-9-20(2)10-15-23)27(29(39)31-30(3,4)5)22-13-16-24(37)25(17-22)40-6/h7-17,27,37H,18H2,1-6H3,(H,31,39). The summed E-state index contributed by atoms with van der Waals surface area (Å²) in [4.78, 5) is 30.5. The Morgan fingerprint density at radius 2 is 1.62 bits per heavy atom. The molecule has 0 bridgehead atoms. The third-order valence-electron chi connectivity index (χ3n) is 6.14. The number of anilines is 1. The maximum atomic E-state index is 14.0. The van der Waals surface area contributed by atoms with Gasteiger partial charge in [-0.15, -0.1) is 10.2 Å². The third kappa shape index (κ3) is 6.63. The number of rotatable bonds is 8. The predicted molar refractivity (Wildman–Crippen MR) is 152 cm³/mol. The van der Waals surface area contributed by atoms with Crippen LogP contribution >= 0.6 is 0 Å². The van der Waals surface area contributed by atoms with Crippen LogP contribution in [0.25, 0.3) is 11.4 Å². The molecule has 1 atom stereocenters. The lowest BCUT2D eigenvalue weighted by molar-refractivity contribution is -0.128. The summed E-state index contributed by atoms with van der Waals surface area (Å²) >= 11 is 0. The van der Waals surface area contributed by atoms with Crippen molar-refractivity contribution < 1.29 is 19.4 Å². The molecule has 1 unspecified atom stereocenters. The summed E-state index contributed by atoms with van der Waals surface area (Å²) in [6.07, 6.45) is 0. The normalized spacial score (nSPS) is 12.1. The van der Waals surface area contributed by atoms with E-state index in [1.54, 1.807) is 24.3 Å². The van der Waals surface area contributed by atoms with E-state index >= 15 is 0 Å². The number of carbonyl (C=O) groups is 2. The molecule has 10 heteroatoms. The number of ether oxygens (including phenoxy) is 1. The molecule has 40 heavy (non-hydrogen) atoms. The van der Waals surface area contributed by atoms with Crippen LogP contribution in [0.2, 0.25) is 0 Å². The second-order valence-electron chi connectivity index (χ2n) is 10.7. The number of aromatic hydroxyl groups is 1. The second-order valence-corrected chi connectivity index (χ2v) is 10.7. The molecule has 10 nitrogen and oxygen atoms in total. The number of nitrogens with zero attached hydrogens (tertiary/aromatic N) is 5. The fraction of sp³-hybridized carbons (Fsp3) is 0.300. The number of amides is 2. The molecule has 208 valence electrons. The van der Waals surface area contributed by atoms with E-state index in [2.05, 4.69) is 20.7 Å². The van der Waals surface area contributed by atoms with Crippen molar-refractivity contribution in [2.75, 3.05) is 12.0 Å². The number of tetrazole rings is 1.